The third kappa shape index (κ3) is 4.63. The van der Waals surface area contributed by atoms with Crippen LogP contribution in [0.3, 0.4) is 0 Å². The number of nitrogens with zero attached hydrogens (tertiary/aromatic N) is 4. The predicted octanol–water partition coefficient (Wildman–Crippen LogP) is 2.51. The first-order chi connectivity index (χ1) is 13.7. The number of nitrogens with one attached hydrogen (secondary N) is 2. The largest absolute Gasteiger partial charge is 0.317 e. The maximum Gasteiger partial charge on any atom is 0.232 e. The fourth-order valence-electron chi connectivity index (χ4n) is 3.38. The number of amides is 1. The van der Waals surface area contributed by atoms with Crippen molar-refractivity contribution in [2.24, 2.45) is 7.05 Å². The lowest BCUT2D eigenvalue weighted by atomic mass is 9.98. The third-order valence-corrected chi connectivity index (χ3v) is 5.77. The molecule has 1 fully saturated rings. The van der Waals surface area contributed by atoms with Crippen LogP contribution in [0.2, 0.25) is 0 Å². The Labute approximate surface area is 168 Å². The Morgan fingerprint density at radius 2 is 2.04 bits per heavy atom. The molecule has 2 aromatic heterocycles. The first-order valence-electron chi connectivity index (χ1n) is 9.56. The summed E-state index contributed by atoms with van der Waals surface area (Å²) in [7, 11) is 1.81. The Morgan fingerprint density at radius 1 is 1.25 bits per heavy atom. The Morgan fingerprint density at radius 3 is 2.82 bits per heavy atom. The molecule has 4 rings (SSSR count). The van der Waals surface area contributed by atoms with Gasteiger partial charge in [-0.25, -0.2) is 9.67 Å². The van der Waals surface area contributed by atoms with Gasteiger partial charge in [0.2, 0.25) is 11.9 Å². The molecular weight excluding hydrogens is 372 g/mol. The maximum absolute atomic E-state index is 12.4. The van der Waals surface area contributed by atoms with Gasteiger partial charge >= 0.3 is 0 Å². The second-order valence-electron chi connectivity index (χ2n) is 7.06. The highest BCUT2D eigenvalue weighted by atomic mass is 32.1. The zero-order valence-corrected chi connectivity index (χ0v) is 16.7. The fraction of sp³-hybridized carbons (Fsp3) is 0.400. The molecule has 3 heterocycles. The zero-order valence-electron chi connectivity index (χ0n) is 15.9. The van der Waals surface area contributed by atoms with Crippen LogP contribution < -0.4 is 10.6 Å². The van der Waals surface area contributed by atoms with Gasteiger partial charge in [0.25, 0.3) is 0 Å². The van der Waals surface area contributed by atoms with Crippen molar-refractivity contribution in [3.8, 4) is 0 Å². The van der Waals surface area contributed by atoms with E-state index in [1.807, 2.05) is 30.6 Å². The number of thiazole rings is 1. The van der Waals surface area contributed by atoms with Crippen LogP contribution in [0.25, 0.3) is 0 Å². The van der Waals surface area contributed by atoms with Gasteiger partial charge in [0.05, 0.1) is 17.1 Å². The molecule has 146 valence electrons. The van der Waals surface area contributed by atoms with Crippen LogP contribution >= 0.6 is 11.3 Å². The van der Waals surface area contributed by atoms with Crippen molar-refractivity contribution in [1.29, 1.82) is 0 Å². The molecule has 0 saturated carbocycles. The summed E-state index contributed by atoms with van der Waals surface area (Å²) >= 11 is 1.59. The van der Waals surface area contributed by atoms with E-state index in [-0.39, 0.29) is 12.3 Å². The van der Waals surface area contributed by atoms with Gasteiger partial charge in [0, 0.05) is 24.8 Å². The molecule has 3 aromatic rings. The topological polar surface area (TPSA) is 84.7 Å². The molecule has 0 atom stereocenters. The lowest BCUT2D eigenvalue weighted by Gasteiger charge is -2.19. The highest BCUT2D eigenvalue weighted by molar-refractivity contribution is 7.09. The van der Waals surface area contributed by atoms with Gasteiger partial charge in [0.1, 0.15) is 0 Å². The zero-order chi connectivity index (χ0) is 19.3. The molecule has 1 aromatic carbocycles. The van der Waals surface area contributed by atoms with Crippen molar-refractivity contribution in [2.45, 2.75) is 31.6 Å². The molecule has 1 amide bonds. The normalized spacial score (nSPS) is 14.9. The van der Waals surface area contributed by atoms with Crippen molar-refractivity contribution >= 4 is 23.2 Å². The highest BCUT2D eigenvalue weighted by Gasteiger charge is 2.21. The van der Waals surface area contributed by atoms with Crippen molar-refractivity contribution in [3.63, 3.8) is 0 Å². The SMILES string of the molecule is Cn1nc(C2CCNCC2)nc1NC(=O)Cc1csc(Cc2ccccc2)n1. The van der Waals surface area contributed by atoms with Crippen LogP contribution in [0.4, 0.5) is 5.95 Å². The molecule has 7 nitrogen and oxygen atoms in total. The Kier molecular flexibility index (Phi) is 5.78. The number of aryl methyl sites for hydroxylation is 1. The standard InChI is InChI=1S/C20H24N6OS/c1-26-20(24-19(25-26)15-7-9-21-10-8-15)23-17(27)12-16-13-28-18(22-16)11-14-5-3-2-4-6-14/h2-6,13,15,21H,7-12H2,1H3,(H,23,24,25,27). The Hall–Kier alpha value is -2.58. The van der Waals surface area contributed by atoms with E-state index in [2.05, 4.69) is 37.8 Å². The van der Waals surface area contributed by atoms with Gasteiger partial charge in [-0.2, -0.15) is 10.1 Å². The van der Waals surface area contributed by atoms with E-state index in [0.29, 0.717) is 11.9 Å². The second-order valence-corrected chi connectivity index (χ2v) is 8.00. The van der Waals surface area contributed by atoms with Crippen LogP contribution in [0.1, 0.15) is 40.8 Å². The number of anilines is 1. The maximum atomic E-state index is 12.4. The van der Waals surface area contributed by atoms with Crippen molar-refractivity contribution in [2.75, 3.05) is 18.4 Å². The number of carbonyl (C=O) groups excluding carboxylic acids is 1. The summed E-state index contributed by atoms with van der Waals surface area (Å²) in [5.41, 5.74) is 2.01. The van der Waals surface area contributed by atoms with Crippen LogP contribution in [-0.2, 0) is 24.7 Å². The Balaban J connectivity index is 1.35. The molecule has 8 heteroatoms. The van der Waals surface area contributed by atoms with Gasteiger partial charge in [0.15, 0.2) is 5.82 Å². The monoisotopic (exact) mass is 396 g/mol. The summed E-state index contributed by atoms with van der Waals surface area (Å²) in [6.07, 6.45) is 3.08. The number of rotatable bonds is 6. The molecule has 1 saturated heterocycles. The van der Waals surface area contributed by atoms with E-state index >= 15 is 0 Å². The molecule has 0 unspecified atom stereocenters. The number of hydrogen-bond acceptors (Lipinski definition) is 6. The van der Waals surface area contributed by atoms with Crippen molar-refractivity contribution in [1.82, 2.24) is 25.1 Å². The Bertz CT molecular complexity index is 929. The molecular formula is C20H24N6OS. The van der Waals surface area contributed by atoms with E-state index in [1.54, 1.807) is 16.0 Å². The summed E-state index contributed by atoms with van der Waals surface area (Å²) < 4.78 is 1.65. The summed E-state index contributed by atoms with van der Waals surface area (Å²) in [5.74, 6) is 1.55. The van der Waals surface area contributed by atoms with Crippen LogP contribution in [-0.4, -0.2) is 38.7 Å². The van der Waals surface area contributed by atoms with Crippen LogP contribution in [0, 0.1) is 0 Å². The van der Waals surface area contributed by atoms with Gasteiger partial charge < -0.3 is 5.32 Å². The van der Waals surface area contributed by atoms with E-state index in [4.69, 9.17) is 0 Å². The molecule has 0 bridgehead atoms. The molecule has 28 heavy (non-hydrogen) atoms. The number of benzene rings is 1. The third-order valence-electron chi connectivity index (χ3n) is 4.87. The average molecular weight is 397 g/mol. The first kappa shape index (κ1) is 18.8. The van der Waals surface area contributed by atoms with Crippen molar-refractivity contribution in [3.05, 3.63) is 57.8 Å². The van der Waals surface area contributed by atoms with E-state index in [0.717, 1.165) is 48.9 Å². The first-order valence-corrected chi connectivity index (χ1v) is 10.4. The number of hydrogen-bond donors (Lipinski definition) is 2. The fourth-order valence-corrected chi connectivity index (χ4v) is 4.21. The average Bonchev–Trinajstić information content (AvgIpc) is 3.30. The second kappa shape index (κ2) is 8.62. The molecule has 0 radical (unpaired) electrons. The minimum Gasteiger partial charge on any atom is -0.317 e. The highest BCUT2D eigenvalue weighted by Crippen LogP contribution is 2.23. The summed E-state index contributed by atoms with van der Waals surface area (Å²) in [6, 6.07) is 10.2. The van der Waals surface area contributed by atoms with Crippen LogP contribution in [0.15, 0.2) is 35.7 Å². The van der Waals surface area contributed by atoms with E-state index in [1.165, 1.54) is 5.56 Å². The minimum absolute atomic E-state index is 0.121. The summed E-state index contributed by atoms with van der Waals surface area (Å²) in [6.45, 7) is 1.97. The minimum atomic E-state index is -0.121. The smallest absolute Gasteiger partial charge is 0.232 e. The van der Waals surface area contributed by atoms with Gasteiger partial charge in [-0.05, 0) is 31.5 Å². The van der Waals surface area contributed by atoms with Gasteiger partial charge in [-0.3, -0.25) is 10.1 Å². The summed E-state index contributed by atoms with van der Waals surface area (Å²) in [5, 5.41) is 13.7. The molecule has 1 aliphatic heterocycles. The van der Waals surface area contributed by atoms with Crippen LogP contribution in [0.5, 0.6) is 0 Å². The summed E-state index contributed by atoms with van der Waals surface area (Å²) in [4.78, 5) is 21.6. The molecule has 2 N–H and O–H groups in total. The van der Waals surface area contributed by atoms with E-state index < -0.39 is 0 Å². The lowest BCUT2D eigenvalue weighted by Crippen LogP contribution is -2.27. The van der Waals surface area contributed by atoms with Gasteiger partial charge in [-0.15, -0.1) is 11.3 Å². The molecule has 1 aliphatic rings. The number of piperidine rings is 1. The lowest BCUT2D eigenvalue weighted by molar-refractivity contribution is -0.115. The molecule has 0 spiro atoms. The molecule has 0 aliphatic carbocycles. The predicted molar refractivity (Wildman–Crippen MR) is 110 cm³/mol. The van der Waals surface area contributed by atoms with Crippen molar-refractivity contribution < 1.29 is 4.79 Å². The quantitative estimate of drug-likeness (QED) is 0.669. The number of carbonyl (C=O) groups is 1. The van der Waals surface area contributed by atoms with E-state index in [9.17, 15) is 4.79 Å². The number of aromatic nitrogens is 4. The van der Waals surface area contributed by atoms with Gasteiger partial charge in [-0.1, -0.05) is 30.3 Å².